The maximum absolute atomic E-state index is 13.6. The summed E-state index contributed by atoms with van der Waals surface area (Å²) in [7, 11) is 1.81. The lowest BCUT2D eigenvalue weighted by Gasteiger charge is -2.52. The van der Waals surface area contributed by atoms with Gasteiger partial charge in [0.05, 0.1) is 5.60 Å². The topological polar surface area (TPSA) is 102 Å². The first-order chi connectivity index (χ1) is 15.4. The number of amides is 1. The summed E-state index contributed by atoms with van der Waals surface area (Å²) in [5.74, 6) is 0.657. The van der Waals surface area contributed by atoms with Crippen molar-refractivity contribution in [1.29, 1.82) is 0 Å². The number of aromatic nitrogens is 1. The van der Waals surface area contributed by atoms with Crippen molar-refractivity contribution in [2.75, 3.05) is 7.11 Å². The first-order valence-electron chi connectivity index (χ1n) is 12.2. The average Bonchev–Trinajstić information content (AvgIpc) is 3.48. The number of ether oxygens (including phenoxy) is 2. The number of piperidine rings is 1. The summed E-state index contributed by atoms with van der Waals surface area (Å²) in [6, 6.07) is -0.0994. The summed E-state index contributed by atoms with van der Waals surface area (Å²) in [6.07, 6.45) is 9.62. The van der Waals surface area contributed by atoms with Gasteiger partial charge >= 0.3 is 12.1 Å². The maximum atomic E-state index is 13.6. The average molecular weight is 445 g/mol. The molecule has 8 heteroatoms. The van der Waals surface area contributed by atoms with Gasteiger partial charge in [-0.3, -0.25) is 0 Å². The SMILES string of the molecule is COC12CCC(c3noc(C4CC4)c3C(=O)O[C@@H]3C[C@H]4CC[C@@H](C3)N4C(=O)O)(CC1)CC2. The van der Waals surface area contributed by atoms with Gasteiger partial charge in [-0.25, -0.2) is 9.59 Å². The molecule has 4 bridgehead atoms. The Balaban J connectivity index is 1.25. The molecule has 2 saturated heterocycles. The number of hydrogen-bond donors (Lipinski definition) is 1. The van der Waals surface area contributed by atoms with E-state index in [2.05, 4.69) is 5.16 Å². The molecular formula is C24H32N2O6. The Labute approximate surface area is 187 Å². The van der Waals surface area contributed by atoms with Crippen LogP contribution < -0.4 is 0 Å². The van der Waals surface area contributed by atoms with Crippen LogP contribution >= 0.6 is 0 Å². The third-order valence-corrected chi connectivity index (χ3v) is 9.17. The van der Waals surface area contributed by atoms with E-state index in [-0.39, 0.29) is 41.1 Å². The molecule has 1 N–H and O–H groups in total. The van der Waals surface area contributed by atoms with Crippen LogP contribution in [0.5, 0.6) is 0 Å². The van der Waals surface area contributed by atoms with Crippen molar-refractivity contribution in [2.24, 2.45) is 0 Å². The van der Waals surface area contributed by atoms with Crippen molar-refractivity contribution in [3.8, 4) is 0 Å². The summed E-state index contributed by atoms with van der Waals surface area (Å²) in [6.45, 7) is 0. The monoisotopic (exact) mass is 444 g/mol. The quantitative estimate of drug-likeness (QED) is 0.673. The van der Waals surface area contributed by atoms with Crippen molar-refractivity contribution in [3.05, 3.63) is 17.0 Å². The maximum Gasteiger partial charge on any atom is 0.407 e. The molecule has 1 aromatic heterocycles. The van der Waals surface area contributed by atoms with E-state index in [1.54, 1.807) is 4.90 Å². The van der Waals surface area contributed by atoms with Crippen LogP contribution in [0.15, 0.2) is 4.52 Å². The zero-order chi connectivity index (χ0) is 22.1. The molecule has 4 saturated carbocycles. The molecule has 32 heavy (non-hydrogen) atoms. The molecule has 174 valence electrons. The Morgan fingerprint density at radius 3 is 2.19 bits per heavy atom. The van der Waals surface area contributed by atoms with Gasteiger partial charge in [-0.1, -0.05) is 5.16 Å². The van der Waals surface area contributed by atoms with Crippen molar-refractivity contribution in [3.63, 3.8) is 0 Å². The predicted octanol–water partition coefficient (Wildman–Crippen LogP) is 4.37. The molecule has 1 aromatic rings. The van der Waals surface area contributed by atoms with E-state index in [0.29, 0.717) is 24.2 Å². The van der Waals surface area contributed by atoms with E-state index in [1.807, 2.05) is 7.11 Å². The molecule has 0 aromatic carbocycles. The number of hydrogen-bond acceptors (Lipinski definition) is 6. The van der Waals surface area contributed by atoms with Crippen LogP contribution in [-0.4, -0.2) is 58.1 Å². The van der Waals surface area contributed by atoms with Gasteiger partial charge in [0.1, 0.15) is 17.4 Å². The van der Waals surface area contributed by atoms with Gasteiger partial charge in [-0.05, 0) is 64.2 Å². The molecule has 6 aliphatic rings. The highest BCUT2D eigenvalue weighted by atomic mass is 16.5. The number of fused-ring (bicyclic) bond motifs is 5. The van der Waals surface area contributed by atoms with E-state index < -0.39 is 6.09 Å². The lowest BCUT2D eigenvalue weighted by Crippen LogP contribution is -2.50. The van der Waals surface area contributed by atoms with E-state index in [0.717, 1.165) is 69.9 Å². The third kappa shape index (κ3) is 3.09. The second-order valence-corrected chi connectivity index (χ2v) is 10.8. The highest BCUT2D eigenvalue weighted by Gasteiger charge is 2.54. The summed E-state index contributed by atoms with van der Waals surface area (Å²) in [5.41, 5.74) is 1.24. The zero-order valence-electron chi connectivity index (χ0n) is 18.7. The molecule has 0 radical (unpaired) electrons. The number of carboxylic acid groups (broad SMARTS) is 1. The molecule has 6 fully saturated rings. The van der Waals surface area contributed by atoms with Gasteiger partial charge in [0, 0.05) is 43.4 Å². The molecule has 3 atom stereocenters. The van der Waals surface area contributed by atoms with Crippen LogP contribution in [0.4, 0.5) is 4.79 Å². The fraction of sp³-hybridized carbons (Fsp3) is 0.792. The lowest BCUT2D eigenvalue weighted by atomic mass is 9.57. The third-order valence-electron chi connectivity index (χ3n) is 9.17. The van der Waals surface area contributed by atoms with E-state index in [1.165, 1.54) is 0 Å². The summed E-state index contributed by atoms with van der Waals surface area (Å²) in [4.78, 5) is 26.7. The lowest BCUT2D eigenvalue weighted by molar-refractivity contribution is -0.0967. The van der Waals surface area contributed by atoms with Gasteiger partial charge in [0.15, 0.2) is 5.76 Å². The first kappa shape index (κ1) is 20.5. The van der Waals surface area contributed by atoms with Gasteiger partial charge in [-0.15, -0.1) is 0 Å². The molecule has 3 heterocycles. The second kappa shape index (κ2) is 7.20. The minimum Gasteiger partial charge on any atom is -0.465 e. The fourth-order valence-electron chi connectivity index (χ4n) is 7.04. The van der Waals surface area contributed by atoms with Crippen molar-refractivity contribution in [2.45, 2.75) is 112 Å². The first-order valence-corrected chi connectivity index (χ1v) is 12.2. The molecular weight excluding hydrogens is 412 g/mol. The normalized spacial score (nSPS) is 38.2. The Bertz CT molecular complexity index is 898. The van der Waals surface area contributed by atoms with Crippen LogP contribution in [0.1, 0.15) is 105 Å². The predicted molar refractivity (Wildman–Crippen MR) is 113 cm³/mol. The van der Waals surface area contributed by atoms with E-state index in [4.69, 9.17) is 14.0 Å². The molecule has 2 aliphatic heterocycles. The molecule has 4 aliphatic carbocycles. The molecule has 0 unspecified atom stereocenters. The molecule has 7 rings (SSSR count). The molecule has 0 spiro atoms. The minimum atomic E-state index is -0.861. The smallest absolute Gasteiger partial charge is 0.407 e. The Hall–Kier alpha value is -2.09. The highest BCUT2D eigenvalue weighted by molar-refractivity contribution is 5.92. The standard InChI is InChI=1S/C24H32N2O6/c1-30-24-9-6-23(7-10-24,8-11-24)20-18(19(32-25-20)14-2-3-14)21(27)31-17-12-15-4-5-16(13-17)26(15)22(28)29/h14-17H,2-13H2,1H3,(H,28,29)/t15-,16+,17-,23?,24?. The summed E-state index contributed by atoms with van der Waals surface area (Å²) >= 11 is 0. The number of esters is 1. The van der Waals surface area contributed by atoms with Gasteiger partial charge in [-0.2, -0.15) is 0 Å². The molecule has 1 amide bonds. The Morgan fingerprint density at radius 1 is 1.03 bits per heavy atom. The van der Waals surface area contributed by atoms with Crippen LogP contribution in [0, 0.1) is 0 Å². The Kier molecular flexibility index (Phi) is 4.62. The Morgan fingerprint density at radius 2 is 1.66 bits per heavy atom. The molecule has 8 nitrogen and oxygen atoms in total. The van der Waals surface area contributed by atoms with Crippen LogP contribution in [0.25, 0.3) is 0 Å². The van der Waals surface area contributed by atoms with Gasteiger partial charge in [0.25, 0.3) is 0 Å². The number of nitrogens with zero attached hydrogens (tertiary/aromatic N) is 2. The number of carbonyl (C=O) groups is 2. The van der Waals surface area contributed by atoms with Crippen molar-refractivity contribution in [1.82, 2.24) is 10.1 Å². The van der Waals surface area contributed by atoms with E-state index in [9.17, 15) is 14.7 Å². The van der Waals surface area contributed by atoms with Gasteiger partial charge in [0.2, 0.25) is 0 Å². The summed E-state index contributed by atoms with van der Waals surface area (Å²) < 4.78 is 17.7. The van der Waals surface area contributed by atoms with Gasteiger partial charge < -0.3 is 24.0 Å². The van der Waals surface area contributed by atoms with Crippen molar-refractivity contribution < 1.29 is 28.7 Å². The number of rotatable bonds is 5. The zero-order valence-corrected chi connectivity index (χ0v) is 18.7. The highest BCUT2D eigenvalue weighted by Crippen LogP contribution is 2.56. The van der Waals surface area contributed by atoms with E-state index >= 15 is 0 Å². The van der Waals surface area contributed by atoms with Crippen LogP contribution in [0.2, 0.25) is 0 Å². The van der Waals surface area contributed by atoms with Crippen molar-refractivity contribution >= 4 is 12.1 Å². The summed E-state index contributed by atoms with van der Waals surface area (Å²) in [5, 5.41) is 14.0. The largest absolute Gasteiger partial charge is 0.465 e. The number of methoxy groups -OCH3 is 1. The number of carbonyl (C=O) groups excluding carboxylic acids is 1. The second-order valence-electron chi connectivity index (χ2n) is 10.8. The minimum absolute atomic E-state index is 0.0110. The van der Waals surface area contributed by atoms with Crippen LogP contribution in [0.3, 0.4) is 0 Å². The van der Waals surface area contributed by atoms with Crippen LogP contribution in [-0.2, 0) is 14.9 Å². The fourth-order valence-corrected chi connectivity index (χ4v) is 7.04.